The van der Waals surface area contributed by atoms with Gasteiger partial charge in [-0.25, -0.2) is 0 Å². The Balaban J connectivity index is 4.09. The third-order valence-electron chi connectivity index (χ3n) is 0.911. The lowest BCUT2D eigenvalue weighted by molar-refractivity contribution is -0.549. The minimum Gasteiger partial charge on any atom is -0.390 e. The highest BCUT2D eigenvalue weighted by Crippen LogP contribution is 2.00. The van der Waals surface area contributed by atoms with Crippen molar-refractivity contribution >= 4 is 7.85 Å². The Hall–Kier alpha value is -0.615. The van der Waals surface area contributed by atoms with Crippen LogP contribution in [0.3, 0.4) is 0 Å². The van der Waals surface area contributed by atoms with Crippen LogP contribution in [0.15, 0.2) is 0 Å². The molecular weight excluding hydrogens is 125 g/mol. The van der Waals surface area contributed by atoms with Crippen LogP contribution in [-0.4, -0.2) is 41.6 Å². The van der Waals surface area contributed by atoms with Crippen LogP contribution in [-0.2, 0) is 0 Å². The van der Waals surface area contributed by atoms with E-state index in [1.165, 1.54) is 0 Å². The lowest BCUT2D eigenvalue weighted by Gasteiger charge is -2.14. The summed E-state index contributed by atoms with van der Waals surface area (Å²) in [6.07, 6.45) is 0. The molecule has 0 saturated carbocycles. The van der Waals surface area contributed by atoms with E-state index >= 15 is 0 Å². The molecule has 50 valence electrons. The molecule has 6 heteroatoms. The van der Waals surface area contributed by atoms with Crippen LogP contribution in [0.4, 0.5) is 0 Å². The molecule has 0 aliphatic rings. The van der Waals surface area contributed by atoms with Gasteiger partial charge in [-0.05, 0) is 0 Å². The van der Waals surface area contributed by atoms with Gasteiger partial charge in [-0.1, -0.05) is 0 Å². The Morgan fingerprint density at radius 3 is 1.89 bits per heavy atom. The Morgan fingerprint density at radius 2 is 1.89 bits per heavy atom. The maximum atomic E-state index is 9.84. The van der Waals surface area contributed by atoms with E-state index in [2.05, 4.69) is 0 Å². The first-order valence-electron chi connectivity index (χ1n) is 2.22. The molecule has 9 heavy (non-hydrogen) atoms. The summed E-state index contributed by atoms with van der Waals surface area (Å²) >= 11 is 0. The maximum Gasteiger partial charge on any atom is 0.218 e. The van der Waals surface area contributed by atoms with E-state index in [0.717, 1.165) is 0 Å². The summed E-state index contributed by atoms with van der Waals surface area (Å²) < 4.78 is 0. The molecule has 0 fully saturated rings. The lowest BCUT2D eigenvalue weighted by Crippen LogP contribution is -2.46. The highest BCUT2D eigenvalue weighted by molar-refractivity contribution is 6.14. The largest absolute Gasteiger partial charge is 0.390 e. The standard InChI is InChI=1S/C3H6BNO4/c4-3(1-6,2-7)5(8)9/h6-7H,1-2H2. The van der Waals surface area contributed by atoms with Gasteiger partial charge in [-0.15, -0.1) is 0 Å². The molecule has 0 rings (SSSR count). The first-order chi connectivity index (χ1) is 4.06. The van der Waals surface area contributed by atoms with Crippen LogP contribution >= 0.6 is 0 Å². The summed E-state index contributed by atoms with van der Waals surface area (Å²) in [5, 5.41) is 26.3. The highest BCUT2D eigenvalue weighted by Gasteiger charge is 2.34. The van der Waals surface area contributed by atoms with Crippen LogP contribution in [0.5, 0.6) is 0 Å². The number of nitrogens with zero attached hydrogens (tertiary/aromatic N) is 1. The zero-order valence-electron chi connectivity index (χ0n) is 4.65. The minimum absolute atomic E-state index is 0.865. The van der Waals surface area contributed by atoms with E-state index in [4.69, 9.17) is 18.1 Å². The van der Waals surface area contributed by atoms with Crippen molar-refractivity contribution in [3.8, 4) is 0 Å². The van der Waals surface area contributed by atoms with Gasteiger partial charge in [0.15, 0.2) is 7.85 Å². The van der Waals surface area contributed by atoms with Gasteiger partial charge >= 0.3 is 0 Å². The van der Waals surface area contributed by atoms with Crippen LogP contribution in [0.2, 0.25) is 0 Å². The van der Waals surface area contributed by atoms with Crippen molar-refractivity contribution in [2.24, 2.45) is 0 Å². The van der Waals surface area contributed by atoms with Crippen LogP contribution in [0.1, 0.15) is 0 Å². The zero-order valence-corrected chi connectivity index (χ0v) is 4.65. The quantitative estimate of drug-likeness (QED) is 0.266. The van der Waals surface area contributed by atoms with E-state index in [1.807, 2.05) is 0 Å². The molecule has 0 heterocycles. The fraction of sp³-hybridized carbons (Fsp3) is 1.00. The van der Waals surface area contributed by atoms with Crippen LogP contribution < -0.4 is 0 Å². The van der Waals surface area contributed by atoms with Gasteiger partial charge in [0.05, 0.1) is 0 Å². The fourth-order valence-electron chi connectivity index (χ4n) is 0.165. The first-order valence-corrected chi connectivity index (χ1v) is 2.22. The molecule has 0 aromatic heterocycles. The zero-order chi connectivity index (χ0) is 7.49. The summed E-state index contributed by atoms with van der Waals surface area (Å²) in [5.41, 5.74) is -2.08. The molecule has 0 saturated heterocycles. The third-order valence-corrected chi connectivity index (χ3v) is 0.911. The number of aliphatic hydroxyl groups excluding tert-OH is 2. The van der Waals surface area contributed by atoms with Gasteiger partial charge in [-0.2, -0.15) is 0 Å². The Labute approximate surface area is 52.9 Å². The number of rotatable bonds is 3. The molecule has 0 aliphatic heterocycles. The summed E-state index contributed by atoms with van der Waals surface area (Å²) in [6.45, 7) is -1.73. The van der Waals surface area contributed by atoms with Gasteiger partial charge in [0.2, 0.25) is 5.44 Å². The van der Waals surface area contributed by atoms with E-state index in [9.17, 15) is 10.1 Å². The molecule has 0 amide bonds. The summed E-state index contributed by atoms with van der Waals surface area (Å²) in [4.78, 5) is 8.92. The second-order valence-corrected chi connectivity index (χ2v) is 1.68. The molecule has 0 aromatic carbocycles. The van der Waals surface area contributed by atoms with Gasteiger partial charge in [-0.3, -0.25) is 10.1 Å². The van der Waals surface area contributed by atoms with Crippen molar-refractivity contribution in [2.45, 2.75) is 5.44 Å². The van der Waals surface area contributed by atoms with E-state index in [-0.39, 0.29) is 0 Å². The third kappa shape index (κ3) is 1.65. The number of hydrogen-bond acceptors (Lipinski definition) is 4. The molecule has 2 N–H and O–H groups in total. The fourth-order valence-corrected chi connectivity index (χ4v) is 0.165. The first kappa shape index (κ1) is 8.38. The van der Waals surface area contributed by atoms with Crippen LogP contribution in [0.25, 0.3) is 0 Å². The van der Waals surface area contributed by atoms with Crippen molar-refractivity contribution in [1.29, 1.82) is 0 Å². The molecule has 0 aromatic rings. The highest BCUT2D eigenvalue weighted by atomic mass is 16.6. The van der Waals surface area contributed by atoms with Crippen molar-refractivity contribution in [3.63, 3.8) is 0 Å². The van der Waals surface area contributed by atoms with Crippen molar-refractivity contribution in [2.75, 3.05) is 13.2 Å². The number of nitro groups is 1. The summed E-state index contributed by atoms with van der Waals surface area (Å²) in [7, 11) is 4.84. The van der Waals surface area contributed by atoms with Crippen LogP contribution in [0, 0.1) is 10.1 Å². The van der Waals surface area contributed by atoms with E-state index < -0.39 is 23.6 Å². The second kappa shape index (κ2) is 2.79. The predicted molar refractivity (Wildman–Crippen MR) is 29.7 cm³/mol. The topological polar surface area (TPSA) is 83.6 Å². The van der Waals surface area contributed by atoms with Crippen molar-refractivity contribution in [1.82, 2.24) is 0 Å². The maximum absolute atomic E-state index is 9.84. The molecule has 0 unspecified atom stereocenters. The average Bonchev–Trinajstić information content (AvgIpc) is 1.86. The van der Waals surface area contributed by atoms with Gasteiger partial charge in [0, 0.05) is 4.92 Å². The normalized spacial score (nSPS) is 11.3. The summed E-state index contributed by atoms with van der Waals surface area (Å²) in [5.74, 6) is 0. The van der Waals surface area contributed by atoms with E-state index in [0.29, 0.717) is 0 Å². The van der Waals surface area contributed by atoms with Gasteiger partial charge < -0.3 is 10.2 Å². The molecule has 2 radical (unpaired) electrons. The SMILES string of the molecule is [B]C(CO)(CO)[N+](=O)[O-]. The lowest BCUT2D eigenvalue weighted by atomic mass is 9.80. The van der Waals surface area contributed by atoms with Crippen molar-refractivity contribution < 1.29 is 15.1 Å². The van der Waals surface area contributed by atoms with E-state index in [1.54, 1.807) is 0 Å². The smallest absolute Gasteiger partial charge is 0.218 e. The summed E-state index contributed by atoms with van der Waals surface area (Å²) in [6, 6.07) is 0. The number of hydrogen-bond donors (Lipinski definition) is 2. The van der Waals surface area contributed by atoms with Gasteiger partial charge in [0.25, 0.3) is 0 Å². The number of aliphatic hydroxyl groups is 2. The second-order valence-electron chi connectivity index (χ2n) is 1.68. The molecule has 0 spiro atoms. The average molecular weight is 131 g/mol. The molecular formula is C3H6BNO4. The minimum atomic E-state index is -2.08. The Bertz CT molecular complexity index is 112. The molecule has 0 aliphatic carbocycles. The van der Waals surface area contributed by atoms with Crippen molar-refractivity contribution in [3.05, 3.63) is 10.1 Å². The predicted octanol–water partition coefficient (Wildman–Crippen LogP) is -1.89. The molecule has 0 atom stereocenters. The molecule has 0 bridgehead atoms. The van der Waals surface area contributed by atoms with Gasteiger partial charge in [0.1, 0.15) is 13.2 Å². The Morgan fingerprint density at radius 1 is 1.56 bits per heavy atom. The monoisotopic (exact) mass is 131 g/mol. The Kier molecular flexibility index (Phi) is 2.60. The molecule has 5 nitrogen and oxygen atoms in total.